The van der Waals surface area contributed by atoms with Gasteiger partial charge in [-0.3, -0.25) is 4.79 Å². The van der Waals surface area contributed by atoms with E-state index in [9.17, 15) is 4.79 Å². The van der Waals surface area contributed by atoms with Crippen molar-refractivity contribution in [1.29, 1.82) is 0 Å². The maximum absolute atomic E-state index is 11.4. The minimum absolute atomic E-state index is 0.102. The van der Waals surface area contributed by atoms with Crippen LogP contribution >= 0.6 is 0 Å². The summed E-state index contributed by atoms with van der Waals surface area (Å²) in [5, 5.41) is 8.01. The van der Waals surface area contributed by atoms with Gasteiger partial charge in [0, 0.05) is 25.0 Å². The van der Waals surface area contributed by atoms with Crippen molar-refractivity contribution in [3.63, 3.8) is 0 Å². The van der Waals surface area contributed by atoms with E-state index in [1.54, 1.807) is 25.5 Å². The lowest BCUT2D eigenvalue weighted by Crippen LogP contribution is -2.19. The molecule has 0 aliphatic carbocycles. The second-order valence-corrected chi connectivity index (χ2v) is 3.25. The highest BCUT2D eigenvalue weighted by Gasteiger charge is 2.01. The molecular formula is C9H11N5O. The van der Waals surface area contributed by atoms with E-state index in [2.05, 4.69) is 10.2 Å². The Hall–Kier alpha value is -2.11. The predicted molar refractivity (Wildman–Crippen MR) is 55.2 cm³/mol. The van der Waals surface area contributed by atoms with Crippen LogP contribution in [0.15, 0.2) is 29.3 Å². The summed E-state index contributed by atoms with van der Waals surface area (Å²) in [5.74, 6) is 0. The number of hydrogen-bond donors (Lipinski definition) is 1. The first-order chi connectivity index (χ1) is 7.15. The van der Waals surface area contributed by atoms with E-state index in [0.717, 1.165) is 5.69 Å². The molecule has 2 aromatic rings. The van der Waals surface area contributed by atoms with Crippen molar-refractivity contribution < 1.29 is 0 Å². The Morgan fingerprint density at radius 3 is 2.93 bits per heavy atom. The van der Waals surface area contributed by atoms with E-state index in [0.29, 0.717) is 12.2 Å². The van der Waals surface area contributed by atoms with E-state index in [1.807, 2.05) is 0 Å². The van der Waals surface area contributed by atoms with Gasteiger partial charge in [0.2, 0.25) is 0 Å². The standard InChI is InChI=1S/C9H11N5O/c1-13-11-4-8(12-13)6-14-5-7(10)2-3-9(14)15/h2-5H,6,10H2,1H3. The molecule has 6 heteroatoms. The summed E-state index contributed by atoms with van der Waals surface area (Å²) in [6, 6.07) is 3.02. The van der Waals surface area contributed by atoms with E-state index in [1.165, 1.54) is 15.4 Å². The Morgan fingerprint density at radius 1 is 1.47 bits per heavy atom. The molecule has 0 saturated carbocycles. The van der Waals surface area contributed by atoms with Gasteiger partial charge in [0.05, 0.1) is 12.7 Å². The Balaban J connectivity index is 2.31. The third-order valence-corrected chi connectivity index (χ3v) is 1.99. The van der Waals surface area contributed by atoms with Gasteiger partial charge in [-0.1, -0.05) is 0 Å². The number of aryl methyl sites for hydroxylation is 1. The third-order valence-electron chi connectivity index (χ3n) is 1.99. The summed E-state index contributed by atoms with van der Waals surface area (Å²) < 4.78 is 1.50. The van der Waals surface area contributed by atoms with Gasteiger partial charge in [0.1, 0.15) is 5.69 Å². The molecule has 2 aromatic heterocycles. The van der Waals surface area contributed by atoms with Gasteiger partial charge < -0.3 is 10.3 Å². The Morgan fingerprint density at radius 2 is 2.27 bits per heavy atom. The molecule has 78 valence electrons. The van der Waals surface area contributed by atoms with Crippen molar-refractivity contribution in [3.05, 3.63) is 40.6 Å². The lowest BCUT2D eigenvalue weighted by atomic mass is 10.4. The highest BCUT2D eigenvalue weighted by atomic mass is 16.1. The molecule has 0 radical (unpaired) electrons. The molecule has 2 N–H and O–H groups in total. The van der Waals surface area contributed by atoms with Crippen molar-refractivity contribution in [1.82, 2.24) is 19.6 Å². The molecule has 0 aliphatic rings. The van der Waals surface area contributed by atoms with Crippen LogP contribution in [0.25, 0.3) is 0 Å². The van der Waals surface area contributed by atoms with Gasteiger partial charge in [0.15, 0.2) is 0 Å². The second-order valence-electron chi connectivity index (χ2n) is 3.25. The first kappa shape index (κ1) is 9.45. The van der Waals surface area contributed by atoms with Gasteiger partial charge in [0.25, 0.3) is 5.56 Å². The van der Waals surface area contributed by atoms with Crippen molar-refractivity contribution in [2.45, 2.75) is 6.54 Å². The summed E-state index contributed by atoms with van der Waals surface area (Å²) in [6.07, 6.45) is 3.21. The van der Waals surface area contributed by atoms with Crippen LogP contribution in [0, 0.1) is 0 Å². The molecule has 0 spiro atoms. The molecule has 0 aromatic carbocycles. The first-order valence-corrected chi connectivity index (χ1v) is 4.46. The topological polar surface area (TPSA) is 78.7 Å². The highest BCUT2D eigenvalue weighted by molar-refractivity contribution is 5.33. The molecule has 2 rings (SSSR count). The maximum Gasteiger partial charge on any atom is 0.251 e. The van der Waals surface area contributed by atoms with Gasteiger partial charge in [-0.2, -0.15) is 15.0 Å². The van der Waals surface area contributed by atoms with Crippen molar-refractivity contribution in [2.75, 3.05) is 5.73 Å². The summed E-state index contributed by atoms with van der Waals surface area (Å²) in [5.41, 5.74) is 6.76. The Kier molecular flexibility index (Phi) is 2.24. The zero-order valence-electron chi connectivity index (χ0n) is 8.29. The normalized spacial score (nSPS) is 10.5. The summed E-state index contributed by atoms with van der Waals surface area (Å²) in [7, 11) is 1.73. The second kappa shape index (κ2) is 3.56. The molecule has 0 fully saturated rings. The smallest absolute Gasteiger partial charge is 0.251 e. The summed E-state index contributed by atoms with van der Waals surface area (Å²) >= 11 is 0. The zero-order chi connectivity index (χ0) is 10.8. The number of nitrogens with zero attached hydrogens (tertiary/aromatic N) is 4. The third kappa shape index (κ3) is 2.04. The fraction of sp³-hybridized carbons (Fsp3) is 0.222. The maximum atomic E-state index is 11.4. The number of nitrogens with two attached hydrogens (primary N) is 1. The molecule has 0 aliphatic heterocycles. The summed E-state index contributed by atoms with van der Waals surface area (Å²) in [6.45, 7) is 0.387. The minimum atomic E-state index is -0.102. The molecule has 6 nitrogen and oxygen atoms in total. The van der Waals surface area contributed by atoms with Gasteiger partial charge in [-0.15, -0.1) is 0 Å². The first-order valence-electron chi connectivity index (χ1n) is 4.46. The molecule has 2 heterocycles. The van der Waals surface area contributed by atoms with Crippen LogP contribution in [0.3, 0.4) is 0 Å². The average Bonchev–Trinajstić information content (AvgIpc) is 2.58. The van der Waals surface area contributed by atoms with Crippen LogP contribution in [-0.2, 0) is 13.6 Å². The fourth-order valence-corrected chi connectivity index (χ4v) is 1.31. The van der Waals surface area contributed by atoms with Crippen LogP contribution in [0.4, 0.5) is 5.69 Å². The van der Waals surface area contributed by atoms with Crippen LogP contribution in [0.2, 0.25) is 0 Å². The number of pyridine rings is 1. The minimum Gasteiger partial charge on any atom is -0.398 e. The van der Waals surface area contributed by atoms with Crippen molar-refractivity contribution in [3.8, 4) is 0 Å². The average molecular weight is 205 g/mol. The monoisotopic (exact) mass is 205 g/mol. The molecule has 0 unspecified atom stereocenters. The van der Waals surface area contributed by atoms with Crippen LogP contribution < -0.4 is 11.3 Å². The van der Waals surface area contributed by atoms with Crippen molar-refractivity contribution in [2.24, 2.45) is 7.05 Å². The molecular weight excluding hydrogens is 194 g/mol. The van der Waals surface area contributed by atoms with Gasteiger partial charge >= 0.3 is 0 Å². The summed E-state index contributed by atoms with van der Waals surface area (Å²) in [4.78, 5) is 12.9. The molecule has 15 heavy (non-hydrogen) atoms. The number of aromatic nitrogens is 4. The lowest BCUT2D eigenvalue weighted by Gasteiger charge is -2.02. The molecule has 0 amide bonds. The number of nitrogen functional groups attached to an aromatic ring is 1. The number of hydrogen-bond acceptors (Lipinski definition) is 4. The molecule has 0 atom stereocenters. The zero-order valence-corrected chi connectivity index (χ0v) is 8.29. The molecule has 0 saturated heterocycles. The van der Waals surface area contributed by atoms with Crippen LogP contribution in [0.5, 0.6) is 0 Å². The van der Waals surface area contributed by atoms with E-state index >= 15 is 0 Å². The molecule has 0 bridgehead atoms. The van der Waals surface area contributed by atoms with E-state index in [-0.39, 0.29) is 5.56 Å². The van der Waals surface area contributed by atoms with Crippen LogP contribution in [0.1, 0.15) is 5.69 Å². The predicted octanol–water partition coefficient (Wildman–Crippen LogP) is -0.393. The van der Waals surface area contributed by atoms with Crippen LogP contribution in [-0.4, -0.2) is 19.6 Å². The fourth-order valence-electron chi connectivity index (χ4n) is 1.31. The highest BCUT2D eigenvalue weighted by Crippen LogP contribution is 1.99. The number of anilines is 1. The lowest BCUT2D eigenvalue weighted by molar-refractivity contribution is 0.633. The van der Waals surface area contributed by atoms with E-state index in [4.69, 9.17) is 5.73 Å². The largest absolute Gasteiger partial charge is 0.398 e. The Labute approximate surface area is 85.9 Å². The Bertz CT molecular complexity index is 527. The van der Waals surface area contributed by atoms with Gasteiger partial charge in [-0.25, -0.2) is 0 Å². The SMILES string of the molecule is Cn1ncc(Cn2cc(N)ccc2=O)n1. The van der Waals surface area contributed by atoms with Crippen molar-refractivity contribution >= 4 is 5.69 Å². The van der Waals surface area contributed by atoms with E-state index < -0.39 is 0 Å². The number of rotatable bonds is 2. The quantitative estimate of drug-likeness (QED) is 0.724. The van der Waals surface area contributed by atoms with Gasteiger partial charge in [-0.05, 0) is 6.07 Å².